The molecule has 1 amide bonds. The standard InChI is InChI=1S/C17H15N5O4/c1-11-5-4-6-12-16(11)18-10-21(17(12)24)9-15(23)20-19-13-7-2-3-8-14(13)22(25)26/h2-8,10,19H,9H2,1H3,(H,20,23). The molecule has 0 unspecified atom stereocenters. The normalized spacial score (nSPS) is 10.5. The van der Waals surface area contributed by atoms with Crippen molar-refractivity contribution in [1.82, 2.24) is 15.0 Å². The van der Waals surface area contributed by atoms with Gasteiger partial charge < -0.3 is 0 Å². The molecule has 9 heteroatoms. The number of nitrogens with zero attached hydrogens (tertiary/aromatic N) is 3. The number of hydrogen-bond acceptors (Lipinski definition) is 6. The Hall–Kier alpha value is -3.75. The summed E-state index contributed by atoms with van der Waals surface area (Å²) in [6.45, 7) is 1.58. The van der Waals surface area contributed by atoms with Gasteiger partial charge in [-0.3, -0.25) is 35.1 Å². The molecule has 0 aliphatic rings. The molecule has 0 saturated heterocycles. The first-order valence-corrected chi connectivity index (χ1v) is 7.70. The van der Waals surface area contributed by atoms with Crippen molar-refractivity contribution in [3.8, 4) is 0 Å². The first-order valence-electron chi connectivity index (χ1n) is 7.70. The summed E-state index contributed by atoms with van der Waals surface area (Å²) in [5.41, 5.74) is 5.95. The highest BCUT2D eigenvalue weighted by Gasteiger charge is 2.13. The minimum atomic E-state index is -0.561. The fraction of sp³-hybridized carbons (Fsp3) is 0.118. The lowest BCUT2D eigenvalue weighted by Crippen LogP contribution is -2.35. The molecule has 3 rings (SSSR count). The van der Waals surface area contributed by atoms with Crippen molar-refractivity contribution in [2.24, 2.45) is 0 Å². The van der Waals surface area contributed by atoms with Crippen LogP contribution >= 0.6 is 0 Å². The highest BCUT2D eigenvalue weighted by molar-refractivity contribution is 5.81. The highest BCUT2D eigenvalue weighted by Crippen LogP contribution is 2.22. The smallest absolute Gasteiger partial charge is 0.292 e. The van der Waals surface area contributed by atoms with E-state index >= 15 is 0 Å². The lowest BCUT2D eigenvalue weighted by atomic mass is 10.1. The molecular formula is C17H15N5O4. The van der Waals surface area contributed by atoms with E-state index in [9.17, 15) is 19.7 Å². The summed E-state index contributed by atoms with van der Waals surface area (Å²) in [4.78, 5) is 39.2. The SMILES string of the molecule is Cc1cccc2c(=O)n(CC(=O)NNc3ccccc3[N+](=O)[O-])cnc12. The molecule has 132 valence electrons. The first kappa shape index (κ1) is 17.1. The summed E-state index contributed by atoms with van der Waals surface area (Å²) in [7, 11) is 0. The van der Waals surface area contributed by atoms with Gasteiger partial charge in [-0.2, -0.15) is 0 Å². The molecule has 26 heavy (non-hydrogen) atoms. The number of hydrazine groups is 1. The van der Waals surface area contributed by atoms with Crippen LogP contribution < -0.4 is 16.4 Å². The van der Waals surface area contributed by atoms with Crippen molar-refractivity contribution in [3.05, 3.63) is 74.8 Å². The van der Waals surface area contributed by atoms with E-state index in [2.05, 4.69) is 15.8 Å². The molecular weight excluding hydrogens is 338 g/mol. The second kappa shape index (κ2) is 7.01. The fourth-order valence-corrected chi connectivity index (χ4v) is 2.52. The second-order valence-corrected chi connectivity index (χ2v) is 5.60. The molecule has 0 aliphatic carbocycles. The van der Waals surface area contributed by atoms with Gasteiger partial charge in [-0.1, -0.05) is 24.3 Å². The highest BCUT2D eigenvalue weighted by atomic mass is 16.6. The van der Waals surface area contributed by atoms with Crippen LogP contribution in [-0.2, 0) is 11.3 Å². The van der Waals surface area contributed by atoms with E-state index in [1.165, 1.54) is 29.1 Å². The Bertz CT molecular complexity index is 1060. The number of carbonyl (C=O) groups excluding carboxylic acids is 1. The maximum atomic E-state index is 12.5. The maximum absolute atomic E-state index is 12.5. The van der Waals surface area contributed by atoms with Gasteiger partial charge in [-0.25, -0.2) is 4.98 Å². The summed E-state index contributed by atoms with van der Waals surface area (Å²) in [5, 5.41) is 11.4. The monoisotopic (exact) mass is 353 g/mol. The minimum absolute atomic E-state index is 0.144. The molecule has 2 aromatic carbocycles. The number of hydrogen-bond donors (Lipinski definition) is 2. The number of amides is 1. The van der Waals surface area contributed by atoms with E-state index in [1.54, 1.807) is 18.2 Å². The Morgan fingerprint density at radius 2 is 2.00 bits per heavy atom. The zero-order valence-electron chi connectivity index (χ0n) is 13.8. The summed E-state index contributed by atoms with van der Waals surface area (Å²) in [6.07, 6.45) is 1.31. The van der Waals surface area contributed by atoms with Crippen LogP contribution in [0.2, 0.25) is 0 Å². The molecule has 0 spiro atoms. The van der Waals surface area contributed by atoms with Crippen LogP contribution in [0.15, 0.2) is 53.6 Å². The number of fused-ring (bicyclic) bond motifs is 1. The van der Waals surface area contributed by atoms with E-state index in [-0.39, 0.29) is 23.5 Å². The zero-order valence-corrected chi connectivity index (χ0v) is 13.8. The topological polar surface area (TPSA) is 119 Å². The summed E-state index contributed by atoms with van der Waals surface area (Å²) >= 11 is 0. The molecule has 0 saturated carbocycles. The number of nitro benzene ring substituents is 1. The lowest BCUT2D eigenvalue weighted by Gasteiger charge is -2.10. The van der Waals surface area contributed by atoms with Gasteiger partial charge in [0.2, 0.25) is 0 Å². The van der Waals surface area contributed by atoms with Crippen LogP contribution in [0.3, 0.4) is 0 Å². The van der Waals surface area contributed by atoms with Gasteiger partial charge in [-0.15, -0.1) is 0 Å². The molecule has 3 aromatic rings. The third kappa shape index (κ3) is 3.36. The van der Waals surface area contributed by atoms with Gasteiger partial charge in [0.25, 0.3) is 17.2 Å². The third-order valence-corrected chi connectivity index (χ3v) is 3.81. The Balaban J connectivity index is 1.75. The van der Waals surface area contributed by atoms with E-state index < -0.39 is 10.8 Å². The van der Waals surface area contributed by atoms with Crippen molar-refractivity contribution in [1.29, 1.82) is 0 Å². The van der Waals surface area contributed by atoms with Gasteiger partial charge in [0.1, 0.15) is 12.2 Å². The second-order valence-electron chi connectivity index (χ2n) is 5.60. The molecule has 0 radical (unpaired) electrons. The largest absolute Gasteiger partial charge is 0.294 e. The zero-order chi connectivity index (χ0) is 18.7. The van der Waals surface area contributed by atoms with Gasteiger partial charge >= 0.3 is 0 Å². The van der Waals surface area contributed by atoms with Crippen LogP contribution in [0, 0.1) is 17.0 Å². The molecule has 9 nitrogen and oxygen atoms in total. The number of anilines is 1. The number of nitrogens with one attached hydrogen (secondary N) is 2. The number of carbonyl (C=O) groups is 1. The Labute approximate surface area is 147 Å². The average molecular weight is 353 g/mol. The third-order valence-electron chi connectivity index (χ3n) is 3.81. The number of nitro groups is 1. The molecule has 0 fully saturated rings. The van der Waals surface area contributed by atoms with Crippen molar-refractivity contribution < 1.29 is 9.72 Å². The van der Waals surface area contributed by atoms with Crippen LogP contribution in [-0.4, -0.2) is 20.4 Å². The van der Waals surface area contributed by atoms with Crippen molar-refractivity contribution >= 4 is 28.2 Å². The van der Waals surface area contributed by atoms with E-state index in [0.29, 0.717) is 10.9 Å². The average Bonchev–Trinajstić information content (AvgIpc) is 2.63. The number of aromatic nitrogens is 2. The van der Waals surface area contributed by atoms with Gasteiger partial charge in [0, 0.05) is 6.07 Å². The number of benzene rings is 2. The van der Waals surface area contributed by atoms with Crippen LogP contribution in [0.5, 0.6) is 0 Å². The van der Waals surface area contributed by atoms with Crippen molar-refractivity contribution in [3.63, 3.8) is 0 Å². The summed E-state index contributed by atoms with van der Waals surface area (Å²) < 4.78 is 1.18. The Morgan fingerprint density at radius 1 is 1.23 bits per heavy atom. The van der Waals surface area contributed by atoms with Crippen LogP contribution in [0.25, 0.3) is 10.9 Å². The van der Waals surface area contributed by atoms with Crippen LogP contribution in [0.1, 0.15) is 5.56 Å². The minimum Gasteiger partial charge on any atom is -0.292 e. The van der Waals surface area contributed by atoms with E-state index in [4.69, 9.17) is 0 Å². The molecule has 2 N–H and O–H groups in total. The van der Waals surface area contributed by atoms with Gasteiger partial charge in [0.15, 0.2) is 0 Å². The molecule has 0 aliphatic heterocycles. The Kier molecular flexibility index (Phi) is 4.61. The molecule has 0 atom stereocenters. The lowest BCUT2D eigenvalue weighted by molar-refractivity contribution is -0.384. The fourth-order valence-electron chi connectivity index (χ4n) is 2.52. The number of aryl methyl sites for hydroxylation is 1. The maximum Gasteiger partial charge on any atom is 0.294 e. The molecule has 0 bridgehead atoms. The predicted octanol–water partition coefficient (Wildman–Crippen LogP) is 1.76. The number of rotatable bonds is 5. The Morgan fingerprint density at radius 3 is 2.77 bits per heavy atom. The quantitative estimate of drug-likeness (QED) is 0.533. The molecule has 1 heterocycles. The summed E-state index contributed by atoms with van der Waals surface area (Å²) in [6, 6.07) is 11.1. The van der Waals surface area contributed by atoms with Crippen molar-refractivity contribution in [2.75, 3.05) is 5.43 Å². The van der Waals surface area contributed by atoms with Crippen LogP contribution in [0.4, 0.5) is 11.4 Å². The van der Waals surface area contributed by atoms with E-state index in [1.807, 2.05) is 13.0 Å². The van der Waals surface area contributed by atoms with Gasteiger partial charge in [-0.05, 0) is 24.6 Å². The van der Waals surface area contributed by atoms with E-state index in [0.717, 1.165) is 5.56 Å². The predicted molar refractivity (Wildman–Crippen MR) is 95.6 cm³/mol. The molecule has 1 aromatic heterocycles. The first-order chi connectivity index (χ1) is 12.5. The number of para-hydroxylation sites is 3. The van der Waals surface area contributed by atoms with Crippen molar-refractivity contribution in [2.45, 2.75) is 13.5 Å². The summed E-state index contributed by atoms with van der Waals surface area (Å²) in [5.74, 6) is -0.543. The van der Waals surface area contributed by atoms with Gasteiger partial charge in [0.05, 0.1) is 22.2 Å².